The first-order chi connectivity index (χ1) is 17.7. The van der Waals surface area contributed by atoms with E-state index in [9.17, 15) is 13.6 Å². The van der Waals surface area contributed by atoms with Gasteiger partial charge in [-0.2, -0.15) is 0 Å². The SMILES string of the molecule is COc1cc2nc(C)nc(NCc3cccc(C(F)F)c3C)c2cc1P1CCN(C(=O)CN(C)C)CC1. The Morgan fingerprint density at radius 3 is 2.57 bits per heavy atom. The molecule has 1 amide bonds. The molecule has 198 valence electrons. The molecule has 0 aliphatic carbocycles. The van der Waals surface area contributed by atoms with Crippen LogP contribution in [0.5, 0.6) is 5.75 Å². The lowest BCUT2D eigenvalue weighted by atomic mass is 10.0. The Morgan fingerprint density at radius 1 is 1.19 bits per heavy atom. The standard InChI is InChI=1S/C27H34F2N5O2P/c1-17-19(7-6-8-20(17)26(28)29)15-30-27-21-13-24(23(36-5)14-22(21)31-18(2)32-27)37-11-9-34(10-12-37)25(35)16-33(3)4/h6-8,13-14,26H,9-12,15-16H2,1-5H3,(H,30,31,32). The van der Waals surface area contributed by atoms with E-state index in [0.717, 1.165) is 52.9 Å². The molecule has 0 saturated carbocycles. The number of halogens is 2. The van der Waals surface area contributed by atoms with Gasteiger partial charge in [-0.15, -0.1) is 0 Å². The molecular formula is C27H34F2N5O2P. The number of rotatable bonds is 8. The number of hydrogen-bond acceptors (Lipinski definition) is 6. The van der Waals surface area contributed by atoms with E-state index in [4.69, 9.17) is 4.74 Å². The number of anilines is 1. The van der Waals surface area contributed by atoms with Crippen molar-refractivity contribution < 1.29 is 18.3 Å². The summed E-state index contributed by atoms with van der Waals surface area (Å²) in [7, 11) is 4.95. The van der Waals surface area contributed by atoms with E-state index in [2.05, 4.69) is 21.4 Å². The quantitative estimate of drug-likeness (QED) is 0.439. The average molecular weight is 530 g/mol. The minimum Gasteiger partial charge on any atom is -0.496 e. The van der Waals surface area contributed by atoms with Gasteiger partial charge in [0.25, 0.3) is 6.43 Å². The van der Waals surface area contributed by atoms with Crippen molar-refractivity contribution in [3.05, 3.63) is 52.8 Å². The van der Waals surface area contributed by atoms with E-state index in [1.807, 2.05) is 43.0 Å². The predicted molar refractivity (Wildman–Crippen MR) is 146 cm³/mol. The lowest BCUT2D eigenvalue weighted by Gasteiger charge is -2.33. The molecule has 0 atom stereocenters. The van der Waals surface area contributed by atoms with E-state index >= 15 is 0 Å². The lowest BCUT2D eigenvalue weighted by Crippen LogP contribution is -2.43. The first-order valence-electron chi connectivity index (χ1n) is 12.3. The van der Waals surface area contributed by atoms with Crippen LogP contribution in [0, 0.1) is 13.8 Å². The van der Waals surface area contributed by atoms with Crippen LogP contribution in [0.15, 0.2) is 30.3 Å². The fourth-order valence-electron chi connectivity index (χ4n) is 4.68. The molecule has 0 radical (unpaired) electrons. The smallest absolute Gasteiger partial charge is 0.264 e. The van der Waals surface area contributed by atoms with E-state index in [1.54, 1.807) is 20.1 Å². The summed E-state index contributed by atoms with van der Waals surface area (Å²) >= 11 is 0. The number of aryl methyl sites for hydroxylation is 1. The molecule has 1 aromatic heterocycles. The Hall–Kier alpha value is -2.90. The fraction of sp³-hybridized carbons (Fsp3) is 0.444. The summed E-state index contributed by atoms with van der Waals surface area (Å²) in [6.45, 7) is 5.81. The van der Waals surface area contributed by atoms with Gasteiger partial charge < -0.3 is 19.9 Å². The number of carbonyl (C=O) groups excluding carboxylic acids is 1. The van der Waals surface area contributed by atoms with Crippen LogP contribution in [-0.4, -0.2) is 78.8 Å². The van der Waals surface area contributed by atoms with Crippen molar-refractivity contribution in [2.45, 2.75) is 26.8 Å². The Morgan fingerprint density at radius 2 is 1.92 bits per heavy atom. The molecule has 10 heteroatoms. The Labute approximate surface area is 218 Å². The van der Waals surface area contributed by atoms with Crippen LogP contribution in [-0.2, 0) is 11.3 Å². The highest BCUT2D eigenvalue weighted by Gasteiger charge is 2.26. The van der Waals surface area contributed by atoms with Crippen molar-refractivity contribution in [1.29, 1.82) is 0 Å². The predicted octanol–water partition coefficient (Wildman–Crippen LogP) is 4.32. The number of hydrogen-bond donors (Lipinski definition) is 1. The molecule has 1 fully saturated rings. The molecule has 1 N–H and O–H groups in total. The van der Waals surface area contributed by atoms with Gasteiger partial charge in [-0.05, 0) is 57.5 Å². The monoisotopic (exact) mass is 529 g/mol. The first kappa shape index (κ1) is 27.1. The molecule has 37 heavy (non-hydrogen) atoms. The number of aromatic nitrogens is 2. The molecule has 2 heterocycles. The highest BCUT2D eigenvalue weighted by molar-refractivity contribution is 7.66. The van der Waals surface area contributed by atoms with Crippen molar-refractivity contribution in [2.75, 3.05) is 58.5 Å². The van der Waals surface area contributed by atoms with Gasteiger partial charge in [-0.3, -0.25) is 4.79 Å². The maximum atomic E-state index is 13.4. The summed E-state index contributed by atoms with van der Waals surface area (Å²) < 4.78 is 32.5. The van der Waals surface area contributed by atoms with Crippen LogP contribution in [0.25, 0.3) is 10.9 Å². The molecule has 1 aliphatic heterocycles. The maximum Gasteiger partial charge on any atom is 0.264 e. The van der Waals surface area contributed by atoms with Gasteiger partial charge in [0.1, 0.15) is 17.4 Å². The highest BCUT2D eigenvalue weighted by atomic mass is 31.1. The third kappa shape index (κ3) is 6.16. The summed E-state index contributed by atoms with van der Waals surface area (Å²) in [5.74, 6) is 2.24. The second-order valence-corrected chi connectivity index (χ2v) is 12.0. The molecule has 2 aromatic carbocycles. The van der Waals surface area contributed by atoms with Crippen molar-refractivity contribution in [2.24, 2.45) is 0 Å². The molecule has 7 nitrogen and oxygen atoms in total. The van der Waals surface area contributed by atoms with Crippen molar-refractivity contribution in [1.82, 2.24) is 19.8 Å². The molecule has 0 spiro atoms. The second-order valence-electron chi connectivity index (χ2n) is 9.55. The Balaban J connectivity index is 1.61. The summed E-state index contributed by atoms with van der Waals surface area (Å²) in [4.78, 5) is 25.6. The number of benzene rings is 2. The number of methoxy groups -OCH3 is 1. The molecule has 4 rings (SSSR count). The largest absolute Gasteiger partial charge is 0.496 e. The molecular weight excluding hydrogens is 495 g/mol. The number of likely N-dealkylation sites (N-methyl/N-ethyl adjacent to an activating group) is 1. The number of nitrogens with zero attached hydrogens (tertiary/aromatic N) is 4. The second kappa shape index (κ2) is 11.7. The summed E-state index contributed by atoms with van der Waals surface area (Å²) in [5.41, 5.74) is 2.20. The summed E-state index contributed by atoms with van der Waals surface area (Å²) in [6, 6.07) is 9.05. The highest BCUT2D eigenvalue weighted by Crippen LogP contribution is 2.42. The zero-order valence-corrected chi connectivity index (χ0v) is 22.9. The molecule has 3 aromatic rings. The Bertz CT molecular complexity index is 1280. The van der Waals surface area contributed by atoms with Gasteiger partial charge in [-0.25, -0.2) is 18.7 Å². The van der Waals surface area contributed by atoms with Crippen molar-refractivity contribution in [3.63, 3.8) is 0 Å². The molecule has 1 aliphatic rings. The van der Waals surface area contributed by atoms with E-state index < -0.39 is 14.3 Å². The van der Waals surface area contributed by atoms with Gasteiger partial charge in [0.15, 0.2) is 0 Å². The normalized spacial score (nSPS) is 14.6. The van der Waals surface area contributed by atoms with Crippen LogP contribution < -0.4 is 15.4 Å². The molecule has 1 saturated heterocycles. The minimum absolute atomic E-state index is 0.0493. The Kier molecular flexibility index (Phi) is 8.55. The molecule has 0 bridgehead atoms. The van der Waals surface area contributed by atoms with E-state index in [-0.39, 0.29) is 11.5 Å². The number of alkyl halides is 2. The third-order valence-corrected chi connectivity index (χ3v) is 9.21. The number of nitrogens with one attached hydrogen (secondary N) is 1. The maximum absolute atomic E-state index is 13.4. The third-order valence-electron chi connectivity index (χ3n) is 6.70. The van der Waals surface area contributed by atoms with Crippen molar-refractivity contribution in [3.8, 4) is 5.75 Å². The number of ether oxygens (including phenoxy) is 1. The van der Waals surface area contributed by atoms with Gasteiger partial charge in [0, 0.05) is 42.0 Å². The van der Waals surface area contributed by atoms with Crippen LogP contribution in [0.3, 0.4) is 0 Å². The minimum atomic E-state index is -2.51. The summed E-state index contributed by atoms with van der Waals surface area (Å²) in [5, 5.41) is 5.38. The van der Waals surface area contributed by atoms with E-state index in [0.29, 0.717) is 30.3 Å². The number of amides is 1. The molecule has 0 unspecified atom stereocenters. The van der Waals surface area contributed by atoms with Gasteiger partial charge in [0.2, 0.25) is 5.91 Å². The number of carbonyl (C=O) groups is 1. The fourth-order valence-corrected chi connectivity index (χ4v) is 7.13. The van der Waals surface area contributed by atoms with Crippen LogP contribution in [0.4, 0.5) is 14.6 Å². The average Bonchev–Trinajstić information content (AvgIpc) is 2.86. The van der Waals surface area contributed by atoms with Crippen LogP contribution in [0.2, 0.25) is 0 Å². The zero-order valence-electron chi connectivity index (χ0n) is 22.0. The van der Waals surface area contributed by atoms with Gasteiger partial charge in [0.05, 0.1) is 19.2 Å². The van der Waals surface area contributed by atoms with Gasteiger partial charge in [-0.1, -0.05) is 26.1 Å². The van der Waals surface area contributed by atoms with Crippen LogP contribution >= 0.6 is 7.92 Å². The van der Waals surface area contributed by atoms with Gasteiger partial charge >= 0.3 is 0 Å². The number of fused-ring (bicyclic) bond motifs is 1. The zero-order chi connectivity index (χ0) is 26.7. The first-order valence-corrected chi connectivity index (χ1v) is 14.0. The van der Waals surface area contributed by atoms with E-state index in [1.165, 1.54) is 6.07 Å². The summed E-state index contributed by atoms with van der Waals surface area (Å²) in [6.07, 6.45) is -0.694. The topological polar surface area (TPSA) is 70.6 Å². The van der Waals surface area contributed by atoms with Crippen LogP contribution in [0.1, 0.15) is 28.9 Å². The lowest BCUT2D eigenvalue weighted by molar-refractivity contribution is -0.131. The van der Waals surface area contributed by atoms with Crippen molar-refractivity contribution >= 4 is 35.9 Å².